The number of hydrogen-bond acceptors (Lipinski definition) is 4. The lowest BCUT2D eigenvalue weighted by Crippen LogP contribution is -2.36. The maximum atomic E-state index is 13.0. The van der Waals surface area contributed by atoms with Crippen molar-refractivity contribution in [1.29, 1.82) is 0 Å². The average Bonchev–Trinajstić information content (AvgIpc) is 2.77. The summed E-state index contributed by atoms with van der Waals surface area (Å²) in [7, 11) is -2.32. The van der Waals surface area contributed by atoms with E-state index in [9.17, 15) is 13.2 Å². The van der Waals surface area contributed by atoms with Crippen molar-refractivity contribution < 1.29 is 17.9 Å². The third-order valence-electron chi connectivity index (χ3n) is 5.26. The van der Waals surface area contributed by atoms with Gasteiger partial charge in [0.15, 0.2) is 0 Å². The van der Waals surface area contributed by atoms with Gasteiger partial charge in [0.25, 0.3) is 5.91 Å². The molecule has 0 spiro atoms. The first-order valence-corrected chi connectivity index (χ1v) is 11.5. The van der Waals surface area contributed by atoms with Crippen LogP contribution in [-0.2, 0) is 10.0 Å². The third kappa shape index (κ3) is 4.97. The predicted octanol–water partition coefficient (Wildman–Crippen LogP) is 3.75. The van der Waals surface area contributed by atoms with Gasteiger partial charge in [-0.05, 0) is 49.4 Å². The number of rotatable bonds is 7. The lowest BCUT2D eigenvalue weighted by atomic mass is 10.1. The Morgan fingerprint density at radius 3 is 2.41 bits per heavy atom. The number of methoxy groups -OCH3 is 1. The highest BCUT2D eigenvalue weighted by Gasteiger charge is 2.26. The molecule has 1 amide bonds. The molecule has 0 aromatic heterocycles. The molecule has 0 unspecified atom stereocenters. The minimum atomic E-state index is -3.81. The SMILES string of the molecule is CC[C@H](NS(=O)(=O)c1ccc(OC)c(C(=O)N2CCCCC2)c1)c1ccccc1. The zero-order valence-corrected chi connectivity index (χ0v) is 17.7. The van der Waals surface area contributed by atoms with Crippen LogP contribution in [-0.4, -0.2) is 39.4 Å². The molecule has 1 aliphatic heterocycles. The number of nitrogens with zero attached hydrogens (tertiary/aromatic N) is 1. The number of likely N-dealkylation sites (tertiary alicyclic amines) is 1. The van der Waals surface area contributed by atoms with Gasteiger partial charge in [-0.15, -0.1) is 0 Å². The number of amides is 1. The van der Waals surface area contributed by atoms with E-state index < -0.39 is 10.0 Å². The molecule has 2 aromatic carbocycles. The van der Waals surface area contributed by atoms with Crippen LogP contribution in [0.3, 0.4) is 0 Å². The molecule has 0 bridgehead atoms. The quantitative estimate of drug-likeness (QED) is 0.746. The molecule has 1 aliphatic rings. The van der Waals surface area contributed by atoms with Gasteiger partial charge >= 0.3 is 0 Å². The Morgan fingerprint density at radius 1 is 1.10 bits per heavy atom. The van der Waals surface area contributed by atoms with Crippen LogP contribution in [0.1, 0.15) is 54.6 Å². The van der Waals surface area contributed by atoms with E-state index in [-0.39, 0.29) is 22.4 Å². The molecule has 1 N–H and O–H groups in total. The Bertz CT molecular complexity index is 939. The first-order chi connectivity index (χ1) is 14.0. The Balaban J connectivity index is 1.90. The van der Waals surface area contributed by atoms with Crippen LogP contribution in [0.15, 0.2) is 53.4 Å². The average molecular weight is 417 g/mol. The van der Waals surface area contributed by atoms with Crippen LogP contribution in [0.5, 0.6) is 5.75 Å². The highest BCUT2D eigenvalue weighted by atomic mass is 32.2. The minimum Gasteiger partial charge on any atom is -0.496 e. The van der Waals surface area contributed by atoms with Crippen LogP contribution in [0, 0.1) is 0 Å². The van der Waals surface area contributed by atoms with Gasteiger partial charge in [0.2, 0.25) is 10.0 Å². The zero-order chi connectivity index (χ0) is 20.9. The van der Waals surface area contributed by atoms with Crippen LogP contribution < -0.4 is 9.46 Å². The highest BCUT2D eigenvalue weighted by molar-refractivity contribution is 7.89. The molecule has 29 heavy (non-hydrogen) atoms. The van der Waals surface area contributed by atoms with Gasteiger partial charge in [0.05, 0.1) is 17.6 Å². The van der Waals surface area contributed by atoms with Gasteiger partial charge < -0.3 is 9.64 Å². The molecular formula is C22H28N2O4S. The standard InChI is InChI=1S/C22H28N2O4S/c1-3-20(17-10-6-4-7-11-17)23-29(26,27)18-12-13-21(28-2)19(16-18)22(25)24-14-8-5-9-15-24/h4,6-7,10-13,16,20,23H,3,5,8-9,14-15H2,1-2H3/t20-/m0/s1. The molecule has 7 heteroatoms. The number of hydrogen-bond donors (Lipinski definition) is 1. The molecular weight excluding hydrogens is 388 g/mol. The number of nitrogens with one attached hydrogen (secondary N) is 1. The molecule has 1 saturated heterocycles. The van der Waals surface area contributed by atoms with E-state index in [4.69, 9.17) is 4.74 Å². The van der Waals surface area contributed by atoms with Crippen LogP contribution >= 0.6 is 0 Å². The van der Waals surface area contributed by atoms with Crippen molar-refractivity contribution >= 4 is 15.9 Å². The Kier molecular flexibility index (Phi) is 6.92. The Morgan fingerprint density at radius 2 is 1.79 bits per heavy atom. The summed E-state index contributed by atoms with van der Waals surface area (Å²) in [6.07, 6.45) is 3.64. The predicted molar refractivity (Wildman–Crippen MR) is 113 cm³/mol. The van der Waals surface area contributed by atoms with Crippen molar-refractivity contribution in [2.45, 2.75) is 43.5 Å². The van der Waals surface area contributed by atoms with Crippen molar-refractivity contribution in [3.05, 3.63) is 59.7 Å². The molecule has 1 heterocycles. The first-order valence-electron chi connectivity index (χ1n) is 10.0. The molecule has 2 aromatic rings. The second-order valence-corrected chi connectivity index (χ2v) is 8.92. The fraction of sp³-hybridized carbons (Fsp3) is 0.409. The van der Waals surface area contributed by atoms with E-state index in [1.165, 1.54) is 19.2 Å². The number of ether oxygens (including phenoxy) is 1. The summed E-state index contributed by atoms with van der Waals surface area (Å²) in [6, 6.07) is 13.6. The number of carbonyl (C=O) groups excluding carboxylic acids is 1. The van der Waals surface area contributed by atoms with E-state index in [1.807, 2.05) is 37.3 Å². The maximum Gasteiger partial charge on any atom is 0.257 e. The summed E-state index contributed by atoms with van der Waals surface area (Å²) >= 11 is 0. The molecule has 0 aliphatic carbocycles. The van der Waals surface area contributed by atoms with E-state index in [2.05, 4.69) is 4.72 Å². The lowest BCUT2D eigenvalue weighted by Gasteiger charge is -2.27. The first kappa shape index (κ1) is 21.3. The second kappa shape index (κ2) is 9.41. The maximum absolute atomic E-state index is 13.0. The van der Waals surface area contributed by atoms with Gasteiger partial charge in [-0.3, -0.25) is 4.79 Å². The van der Waals surface area contributed by atoms with Crippen LogP contribution in [0.4, 0.5) is 0 Å². The van der Waals surface area contributed by atoms with E-state index in [1.54, 1.807) is 11.0 Å². The number of benzene rings is 2. The topological polar surface area (TPSA) is 75.7 Å². The molecule has 156 valence electrons. The number of sulfonamides is 1. The smallest absolute Gasteiger partial charge is 0.257 e. The number of piperidine rings is 1. The van der Waals surface area contributed by atoms with Crippen LogP contribution in [0.25, 0.3) is 0 Å². The molecule has 1 fully saturated rings. The highest BCUT2D eigenvalue weighted by Crippen LogP contribution is 2.27. The summed E-state index contributed by atoms with van der Waals surface area (Å²) in [5.41, 5.74) is 1.18. The fourth-order valence-electron chi connectivity index (χ4n) is 3.62. The van der Waals surface area contributed by atoms with Crippen molar-refractivity contribution in [2.75, 3.05) is 20.2 Å². The van der Waals surface area contributed by atoms with E-state index in [0.717, 1.165) is 24.8 Å². The van der Waals surface area contributed by atoms with Crippen molar-refractivity contribution in [2.24, 2.45) is 0 Å². The van der Waals surface area contributed by atoms with E-state index >= 15 is 0 Å². The number of carbonyl (C=O) groups is 1. The monoisotopic (exact) mass is 416 g/mol. The molecule has 0 radical (unpaired) electrons. The fourth-order valence-corrected chi connectivity index (χ4v) is 4.95. The van der Waals surface area contributed by atoms with Gasteiger partial charge in [-0.25, -0.2) is 13.1 Å². The summed E-state index contributed by atoms with van der Waals surface area (Å²) in [5, 5.41) is 0. The van der Waals surface area contributed by atoms with Crippen molar-refractivity contribution in [3.8, 4) is 5.75 Å². The van der Waals surface area contributed by atoms with Gasteiger partial charge in [-0.1, -0.05) is 37.3 Å². The van der Waals surface area contributed by atoms with Gasteiger partial charge in [0, 0.05) is 19.1 Å². The second-order valence-electron chi connectivity index (χ2n) is 7.21. The zero-order valence-electron chi connectivity index (χ0n) is 16.9. The third-order valence-corrected chi connectivity index (χ3v) is 6.73. The molecule has 6 nitrogen and oxygen atoms in total. The van der Waals surface area contributed by atoms with Gasteiger partial charge in [0.1, 0.15) is 5.75 Å². The lowest BCUT2D eigenvalue weighted by molar-refractivity contribution is 0.0720. The van der Waals surface area contributed by atoms with Crippen molar-refractivity contribution in [1.82, 2.24) is 9.62 Å². The van der Waals surface area contributed by atoms with Gasteiger partial charge in [-0.2, -0.15) is 0 Å². The largest absolute Gasteiger partial charge is 0.496 e. The summed E-state index contributed by atoms with van der Waals surface area (Å²) in [6.45, 7) is 3.30. The summed E-state index contributed by atoms with van der Waals surface area (Å²) in [4.78, 5) is 14.8. The van der Waals surface area contributed by atoms with E-state index in [0.29, 0.717) is 25.3 Å². The molecule has 0 saturated carbocycles. The van der Waals surface area contributed by atoms with Crippen molar-refractivity contribution in [3.63, 3.8) is 0 Å². The Labute approximate surface area is 172 Å². The Hall–Kier alpha value is -2.38. The molecule has 1 atom stereocenters. The summed E-state index contributed by atoms with van der Waals surface area (Å²) in [5.74, 6) is 0.198. The minimum absolute atomic E-state index is 0.0630. The normalized spacial score (nSPS) is 15.7. The molecule has 3 rings (SSSR count). The van der Waals surface area contributed by atoms with Crippen LogP contribution in [0.2, 0.25) is 0 Å². The summed E-state index contributed by atoms with van der Waals surface area (Å²) < 4.78 is 34.2.